The fourth-order valence-electron chi connectivity index (χ4n) is 3.73. The van der Waals surface area contributed by atoms with Crippen molar-refractivity contribution in [1.82, 2.24) is 9.66 Å². The summed E-state index contributed by atoms with van der Waals surface area (Å²) in [6.45, 7) is -0.380. The predicted molar refractivity (Wildman–Crippen MR) is 145 cm³/mol. The first kappa shape index (κ1) is 24.5. The molecule has 0 unspecified atom stereocenters. The summed E-state index contributed by atoms with van der Waals surface area (Å²) in [5.74, 6) is 0.330. The van der Waals surface area contributed by atoms with Crippen LogP contribution in [0.2, 0.25) is 5.02 Å². The molecular weight excluding hydrogens is 564 g/mol. The Hall–Kier alpha value is -4.15. The number of hydrogen-bond donors (Lipinski definition) is 1. The summed E-state index contributed by atoms with van der Waals surface area (Å²) in [5, 5.41) is 5.85. The Kier molecular flexibility index (Phi) is 6.68. The molecular formula is C26H18BrClN4O5. The van der Waals surface area contributed by atoms with Crippen molar-refractivity contribution in [2.24, 2.45) is 10.8 Å². The number of carbonyl (C=O) groups is 1. The van der Waals surface area contributed by atoms with Gasteiger partial charge in [0.1, 0.15) is 10.6 Å². The zero-order valence-corrected chi connectivity index (χ0v) is 21.6. The Morgan fingerprint density at radius 2 is 1.97 bits per heavy atom. The second-order valence-corrected chi connectivity index (χ2v) is 9.01. The molecule has 0 aliphatic rings. The molecule has 37 heavy (non-hydrogen) atoms. The fourth-order valence-corrected chi connectivity index (χ4v) is 4.38. The first-order valence-corrected chi connectivity index (χ1v) is 12.1. The molecule has 0 radical (unpaired) electrons. The molecule has 5 aromatic rings. The van der Waals surface area contributed by atoms with E-state index >= 15 is 0 Å². The van der Waals surface area contributed by atoms with Gasteiger partial charge in [-0.15, -0.1) is 0 Å². The van der Waals surface area contributed by atoms with Crippen LogP contribution in [0.15, 0.2) is 79.4 Å². The van der Waals surface area contributed by atoms with Gasteiger partial charge >= 0.3 is 0 Å². The average Bonchev–Trinajstić information content (AvgIpc) is 3.33. The van der Waals surface area contributed by atoms with Crippen molar-refractivity contribution in [1.29, 1.82) is 0 Å². The van der Waals surface area contributed by atoms with Gasteiger partial charge in [0.2, 0.25) is 5.82 Å². The van der Waals surface area contributed by atoms with Crippen LogP contribution in [0.1, 0.15) is 5.56 Å². The van der Waals surface area contributed by atoms with E-state index in [1.807, 2.05) is 24.3 Å². The van der Waals surface area contributed by atoms with Gasteiger partial charge in [0.05, 0.1) is 24.2 Å². The maximum Gasteiger partial charge on any atom is 0.282 e. The molecule has 0 aliphatic heterocycles. The molecule has 0 spiro atoms. The van der Waals surface area contributed by atoms with E-state index in [9.17, 15) is 9.59 Å². The van der Waals surface area contributed by atoms with Crippen LogP contribution in [0.5, 0.6) is 11.5 Å². The molecule has 11 heteroatoms. The Morgan fingerprint density at radius 1 is 1.22 bits per heavy atom. The quantitative estimate of drug-likeness (QED) is 0.271. The number of nitrogens with zero attached hydrogens (tertiary/aromatic N) is 3. The second kappa shape index (κ2) is 10.1. The normalized spacial score (nSPS) is 11.4. The van der Waals surface area contributed by atoms with Crippen LogP contribution in [-0.4, -0.2) is 35.5 Å². The third-order valence-electron chi connectivity index (χ3n) is 5.45. The summed E-state index contributed by atoms with van der Waals surface area (Å²) in [6, 6.07) is 17.9. The number of hydrogen-bond acceptors (Lipinski definition) is 7. The van der Waals surface area contributed by atoms with Gasteiger partial charge in [-0.3, -0.25) is 9.59 Å². The SMILES string of the molecule is COc1cc(C=Nn2c(-c3cc4ccccc4o3)nc3ccccc3c2=O)c(Br)c(Cl)c1OCC(N)=O. The van der Waals surface area contributed by atoms with Gasteiger partial charge in [-0.1, -0.05) is 41.9 Å². The predicted octanol–water partition coefficient (Wildman–Crippen LogP) is 4.98. The first-order valence-electron chi connectivity index (χ1n) is 10.9. The van der Waals surface area contributed by atoms with Crippen molar-refractivity contribution in [2.45, 2.75) is 0 Å². The number of aromatic nitrogens is 2. The summed E-state index contributed by atoms with van der Waals surface area (Å²) in [5.41, 5.74) is 6.43. The van der Waals surface area contributed by atoms with Crippen LogP contribution in [0.25, 0.3) is 33.5 Å². The number of furan rings is 1. The van der Waals surface area contributed by atoms with E-state index < -0.39 is 5.91 Å². The number of primary amides is 1. The molecule has 3 aromatic carbocycles. The van der Waals surface area contributed by atoms with Crippen molar-refractivity contribution < 1.29 is 18.7 Å². The molecule has 1 amide bonds. The highest BCUT2D eigenvalue weighted by molar-refractivity contribution is 9.10. The average molecular weight is 582 g/mol. The van der Waals surface area contributed by atoms with Crippen molar-refractivity contribution >= 4 is 61.5 Å². The molecule has 5 rings (SSSR count). The highest BCUT2D eigenvalue weighted by Gasteiger charge is 2.19. The largest absolute Gasteiger partial charge is 0.493 e. The van der Waals surface area contributed by atoms with Gasteiger partial charge in [0.25, 0.3) is 11.5 Å². The Morgan fingerprint density at radius 3 is 2.73 bits per heavy atom. The third kappa shape index (κ3) is 4.68. The lowest BCUT2D eigenvalue weighted by molar-refractivity contribution is -0.119. The lowest BCUT2D eigenvalue weighted by Gasteiger charge is -2.14. The van der Waals surface area contributed by atoms with Crippen LogP contribution in [0, 0.1) is 0 Å². The smallest absolute Gasteiger partial charge is 0.282 e. The molecule has 2 aromatic heterocycles. The highest BCUT2D eigenvalue weighted by atomic mass is 79.9. The molecule has 2 heterocycles. The lowest BCUT2D eigenvalue weighted by atomic mass is 10.2. The van der Waals surface area contributed by atoms with Gasteiger partial charge in [-0.2, -0.15) is 9.78 Å². The van der Waals surface area contributed by atoms with Crippen LogP contribution >= 0.6 is 27.5 Å². The van der Waals surface area contributed by atoms with Gasteiger partial charge in [0, 0.05) is 15.4 Å². The molecule has 2 N–H and O–H groups in total. The molecule has 186 valence electrons. The summed E-state index contributed by atoms with van der Waals surface area (Å²) >= 11 is 9.89. The minimum Gasteiger partial charge on any atom is -0.493 e. The summed E-state index contributed by atoms with van der Waals surface area (Å²) in [6.07, 6.45) is 1.43. The molecule has 0 fully saturated rings. The number of fused-ring (bicyclic) bond motifs is 2. The molecule has 0 atom stereocenters. The zero-order valence-electron chi connectivity index (χ0n) is 19.3. The minimum absolute atomic E-state index is 0.138. The molecule has 0 saturated carbocycles. The van der Waals surface area contributed by atoms with Crippen molar-refractivity contribution in [3.05, 3.63) is 86.1 Å². The lowest BCUT2D eigenvalue weighted by Crippen LogP contribution is -2.20. The van der Waals surface area contributed by atoms with Gasteiger partial charge in [0.15, 0.2) is 23.9 Å². The van der Waals surface area contributed by atoms with E-state index in [1.54, 1.807) is 36.4 Å². The highest BCUT2D eigenvalue weighted by Crippen LogP contribution is 2.42. The van der Waals surface area contributed by atoms with Crippen molar-refractivity contribution in [3.63, 3.8) is 0 Å². The second-order valence-electron chi connectivity index (χ2n) is 7.84. The van der Waals surface area contributed by atoms with Crippen LogP contribution in [-0.2, 0) is 4.79 Å². The number of benzene rings is 3. The number of methoxy groups -OCH3 is 1. The molecule has 0 aliphatic carbocycles. The number of amides is 1. The van der Waals surface area contributed by atoms with E-state index in [4.69, 9.17) is 31.2 Å². The van der Waals surface area contributed by atoms with Gasteiger partial charge in [-0.25, -0.2) is 4.98 Å². The number of rotatable bonds is 7. The summed E-state index contributed by atoms with van der Waals surface area (Å²) in [7, 11) is 1.43. The fraction of sp³-hybridized carbons (Fsp3) is 0.0769. The molecule has 9 nitrogen and oxygen atoms in total. The van der Waals surface area contributed by atoms with E-state index in [1.165, 1.54) is 18.0 Å². The number of nitrogens with two attached hydrogens (primary N) is 1. The number of halogens is 2. The van der Waals surface area contributed by atoms with E-state index in [2.05, 4.69) is 26.0 Å². The molecule has 0 bridgehead atoms. The third-order valence-corrected chi connectivity index (χ3v) is 6.89. The van der Waals surface area contributed by atoms with E-state index in [0.717, 1.165) is 5.39 Å². The van der Waals surface area contributed by atoms with Crippen LogP contribution < -0.4 is 20.8 Å². The van der Waals surface area contributed by atoms with Gasteiger partial charge in [-0.05, 0) is 46.3 Å². The van der Waals surface area contributed by atoms with Crippen LogP contribution in [0.4, 0.5) is 0 Å². The Bertz CT molecular complexity index is 1730. The Balaban J connectivity index is 1.66. The van der Waals surface area contributed by atoms with E-state index in [0.29, 0.717) is 32.3 Å². The van der Waals surface area contributed by atoms with Crippen molar-refractivity contribution in [2.75, 3.05) is 13.7 Å². The number of ether oxygens (including phenoxy) is 2. The number of para-hydroxylation sites is 2. The number of carbonyl (C=O) groups excluding carboxylic acids is 1. The maximum absolute atomic E-state index is 13.5. The Labute approximate surface area is 223 Å². The minimum atomic E-state index is -0.666. The topological polar surface area (TPSA) is 122 Å². The monoisotopic (exact) mass is 580 g/mol. The summed E-state index contributed by atoms with van der Waals surface area (Å²) in [4.78, 5) is 29.3. The zero-order chi connectivity index (χ0) is 26.1. The van der Waals surface area contributed by atoms with E-state index in [-0.39, 0.29) is 34.5 Å². The maximum atomic E-state index is 13.5. The molecule has 0 saturated heterocycles. The van der Waals surface area contributed by atoms with Gasteiger partial charge < -0.3 is 19.6 Å². The first-order chi connectivity index (χ1) is 17.9. The van der Waals surface area contributed by atoms with Crippen LogP contribution in [0.3, 0.4) is 0 Å². The standard InChI is InChI=1S/C26H18BrClN4O5/c1-35-19-11-15(22(27)23(28)24(19)36-13-21(29)33)12-30-32-25(20-10-14-6-2-5-9-18(14)37-20)31-17-8-4-3-7-16(17)26(32)34/h2-12H,13H2,1H3,(H2,29,33). The van der Waals surface area contributed by atoms with Crippen molar-refractivity contribution in [3.8, 4) is 23.1 Å². The summed E-state index contributed by atoms with van der Waals surface area (Å²) < 4.78 is 18.4.